The Morgan fingerprint density at radius 2 is 1.84 bits per heavy atom. The highest BCUT2D eigenvalue weighted by Gasteiger charge is 2.35. The SMILES string of the molecule is CCOC(=O)C1=C(c2ccccc2)N=c2s/c(=C\c3ccc(OCc4ccc(C#N)cc4)c(OC)c3)c(=O)n2[C@H]1c1cccs1. The van der Waals surface area contributed by atoms with E-state index in [2.05, 4.69) is 6.07 Å². The number of carbonyl (C=O) groups is 1. The van der Waals surface area contributed by atoms with Crippen molar-refractivity contribution in [1.82, 2.24) is 4.57 Å². The van der Waals surface area contributed by atoms with Crippen LogP contribution in [-0.2, 0) is 16.1 Å². The van der Waals surface area contributed by atoms with Crippen molar-refractivity contribution in [2.24, 2.45) is 4.99 Å². The van der Waals surface area contributed by atoms with Crippen LogP contribution >= 0.6 is 22.7 Å². The number of esters is 1. The third-order valence-corrected chi connectivity index (χ3v) is 9.06. The number of ether oxygens (including phenoxy) is 3. The average molecular weight is 634 g/mol. The van der Waals surface area contributed by atoms with Crippen molar-refractivity contribution < 1.29 is 19.0 Å². The summed E-state index contributed by atoms with van der Waals surface area (Å²) in [6, 6.07) is 27.4. The van der Waals surface area contributed by atoms with E-state index in [0.29, 0.717) is 44.3 Å². The quantitative estimate of drug-likeness (QED) is 0.200. The summed E-state index contributed by atoms with van der Waals surface area (Å²) in [5.41, 5.74) is 3.57. The lowest BCUT2D eigenvalue weighted by Crippen LogP contribution is -2.39. The highest BCUT2D eigenvalue weighted by atomic mass is 32.1. The number of nitrogens with zero attached hydrogens (tertiary/aromatic N) is 3. The molecular formula is C35H27N3O5S2. The topological polar surface area (TPSA) is 103 Å². The van der Waals surface area contributed by atoms with Crippen LogP contribution in [0.5, 0.6) is 11.5 Å². The van der Waals surface area contributed by atoms with Crippen LogP contribution in [0.4, 0.5) is 0 Å². The van der Waals surface area contributed by atoms with Crippen molar-refractivity contribution in [2.75, 3.05) is 13.7 Å². The van der Waals surface area contributed by atoms with Crippen molar-refractivity contribution in [3.05, 3.63) is 143 Å². The predicted octanol–water partition coefficient (Wildman–Crippen LogP) is 5.46. The van der Waals surface area contributed by atoms with Crippen LogP contribution in [0.3, 0.4) is 0 Å². The van der Waals surface area contributed by atoms with Crippen molar-refractivity contribution >= 4 is 40.4 Å². The second kappa shape index (κ2) is 13.2. The summed E-state index contributed by atoms with van der Waals surface area (Å²) in [7, 11) is 1.56. The number of benzene rings is 3. The maximum atomic E-state index is 14.1. The zero-order chi connectivity index (χ0) is 31.3. The maximum absolute atomic E-state index is 14.1. The third-order valence-electron chi connectivity index (χ3n) is 7.15. The minimum absolute atomic E-state index is 0.195. The van der Waals surface area contributed by atoms with Crippen LogP contribution < -0.4 is 24.4 Å². The van der Waals surface area contributed by atoms with E-state index in [9.17, 15) is 9.59 Å². The Kier molecular flexibility index (Phi) is 8.73. The van der Waals surface area contributed by atoms with E-state index in [4.69, 9.17) is 24.5 Å². The van der Waals surface area contributed by atoms with Gasteiger partial charge in [0.15, 0.2) is 16.3 Å². The summed E-state index contributed by atoms with van der Waals surface area (Å²) in [5, 5.41) is 10.9. The number of thiazole rings is 1. The first-order valence-corrected chi connectivity index (χ1v) is 15.8. The second-order valence-electron chi connectivity index (χ2n) is 9.95. The normalized spacial score (nSPS) is 14.3. The maximum Gasteiger partial charge on any atom is 0.338 e. The molecule has 0 fully saturated rings. The Morgan fingerprint density at radius 3 is 2.53 bits per heavy atom. The number of methoxy groups -OCH3 is 1. The summed E-state index contributed by atoms with van der Waals surface area (Å²) in [4.78, 5) is 33.7. The zero-order valence-electron chi connectivity index (χ0n) is 24.4. The van der Waals surface area contributed by atoms with Gasteiger partial charge in [-0.2, -0.15) is 5.26 Å². The number of fused-ring (bicyclic) bond motifs is 1. The molecule has 3 aromatic carbocycles. The number of hydrogen-bond donors (Lipinski definition) is 0. The van der Waals surface area contributed by atoms with Gasteiger partial charge in [0.1, 0.15) is 12.6 Å². The fraction of sp³-hybridized carbons (Fsp3) is 0.143. The first-order valence-electron chi connectivity index (χ1n) is 14.1. The lowest BCUT2D eigenvalue weighted by molar-refractivity contribution is -0.138. The van der Waals surface area contributed by atoms with Gasteiger partial charge in [-0.1, -0.05) is 65.9 Å². The van der Waals surface area contributed by atoms with Gasteiger partial charge in [0.2, 0.25) is 0 Å². The van der Waals surface area contributed by atoms with Gasteiger partial charge in [0.25, 0.3) is 5.56 Å². The number of carbonyl (C=O) groups excluding carboxylic acids is 1. The van der Waals surface area contributed by atoms with Crippen molar-refractivity contribution in [1.29, 1.82) is 5.26 Å². The van der Waals surface area contributed by atoms with Crippen molar-refractivity contribution in [3.8, 4) is 17.6 Å². The summed E-state index contributed by atoms with van der Waals surface area (Å²) < 4.78 is 19.2. The summed E-state index contributed by atoms with van der Waals surface area (Å²) >= 11 is 2.73. The highest BCUT2D eigenvalue weighted by molar-refractivity contribution is 7.10. The van der Waals surface area contributed by atoms with Crippen molar-refractivity contribution in [2.45, 2.75) is 19.6 Å². The molecule has 0 radical (unpaired) electrons. The van der Waals surface area contributed by atoms with Gasteiger partial charge < -0.3 is 14.2 Å². The number of nitriles is 1. The molecule has 2 aromatic heterocycles. The number of rotatable bonds is 9. The minimum Gasteiger partial charge on any atom is -0.493 e. The molecule has 0 spiro atoms. The van der Waals surface area contributed by atoms with E-state index in [1.165, 1.54) is 22.7 Å². The van der Waals surface area contributed by atoms with Crippen LogP contribution in [0.25, 0.3) is 11.8 Å². The zero-order valence-corrected chi connectivity index (χ0v) is 26.1. The first-order chi connectivity index (χ1) is 22.0. The largest absolute Gasteiger partial charge is 0.493 e. The number of hydrogen-bond acceptors (Lipinski definition) is 9. The molecule has 8 nitrogen and oxygen atoms in total. The summed E-state index contributed by atoms with van der Waals surface area (Å²) in [5.74, 6) is 0.552. The molecule has 10 heteroatoms. The molecule has 0 saturated carbocycles. The van der Waals surface area contributed by atoms with Gasteiger partial charge in [0.05, 0.1) is 41.2 Å². The fourth-order valence-electron chi connectivity index (χ4n) is 5.04. The van der Waals surface area contributed by atoms with Crippen molar-refractivity contribution in [3.63, 3.8) is 0 Å². The smallest absolute Gasteiger partial charge is 0.338 e. The van der Waals surface area contributed by atoms with Crippen LogP contribution in [0.15, 0.2) is 106 Å². The first kappa shape index (κ1) is 29.8. The van der Waals surface area contributed by atoms with Crippen LogP contribution in [0, 0.1) is 11.3 Å². The van der Waals surface area contributed by atoms with E-state index in [0.717, 1.165) is 21.6 Å². The Balaban J connectivity index is 1.42. The molecule has 0 N–H and O–H groups in total. The van der Waals surface area contributed by atoms with E-state index < -0.39 is 12.0 Å². The molecule has 0 aliphatic carbocycles. The molecule has 0 bridgehead atoms. The Hall–Kier alpha value is -5.24. The summed E-state index contributed by atoms with van der Waals surface area (Å²) in [6.07, 6.45) is 1.79. The van der Waals surface area contributed by atoms with E-state index >= 15 is 0 Å². The van der Waals surface area contributed by atoms with Gasteiger partial charge in [-0.25, -0.2) is 9.79 Å². The van der Waals surface area contributed by atoms with Gasteiger partial charge in [-0.3, -0.25) is 9.36 Å². The molecule has 0 unspecified atom stereocenters. The molecule has 3 heterocycles. The monoisotopic (exact) mass is 633 g/mol. The minimum atomic E-state index is -0.690. The second-order valence-corrected chi connectivity index (χ2v) is 11.9. The fourth-order valence-corrected chi connectivity index (χ4v) is 6.86. The average Bonchev–Trinajstić information content (AvgIpc) is 3.72. The Bertz CT molecular complexity index is 2110. The highest BCUT2D eigenvalue weighted by Crippen LogP contribution is 2.37. The Labute approximate surface area is 267 Å². The van der Waals surface area contributed by atoms with Crippen LogP contribution in [-0.4, -0.2) is 24.3 Å². The molecule has 224 valence electrons. The van der Waals surface area contributed by atoms with Gasteiger partial charge in [0, 0.05) is 10.4 Å². The Morgan fingerprint density at radius 1 is 1.04 bits per heavy atom. The molecule has 1 atom stereocenters. The van der Waals surface area contributed by atoms with Crippen LogP contribution in [0.2, 0.25) is 0 Å². The molecule has 1 aliphatic heterocycles. The standard InChI is InChI=1S/C35H27N3O5S2/c1-3-42-34(40)30-31(25-8-5-4-6-9-25)37-35-38(32(30)28-10-7-17-44-28)33(39)29(45-35)19-24-15-16-26(27(18-24)41-2)43-21-23-13-11-22(20-36)12-14-23/h4-19,32H,3,21H2,1-2H3/b29-19-/t32-/m0/s1. The van der Waals surface area contributed by atoms with Gasteiger partial charge >= 0.3 is 5.97 Å². The van der Waals surface area contributed by atoms with Gasteiger partial charge in [-0.15, -0.1) is 11.3 Å². The lowest BCUT2D eigenvalue weighted by Gasteiger charge is -2.24. The number of thiophene rings is 1. The number of aromatic nitrogens is 1. The van der Waals surface area contributed by atoms with E-state index in [-0.39, 0.29) is 12.2 Å². The lowest BCUT2D eigenvalue weighted by atomic mass is 9.97. The third kappa shape index (κ3) is 6.09. The summed E-state index contributed by atoms with van der Waals surface area (Å²) in [6.45, 7) is 2.25. The molecule has 45 heavy (non-hydrogen) atoms. The molecular weight excluding hydrogens is 607 g/mol. The molecule has 6 rings (SSSR count). The predicted molar refractivity (Wildman–Crippen MR) is 174 cm³/mol. The van der Waals surface area contributed by atoms with E-state index in [1.807, 2.05) is 72.1 Å². The van der Waals surface area contributed by atoms with E-state index in [1.54, 1.807) is 42.9 Å². The van der Waals surface area contributed by atoms with Gasteiger partial charge in [-0.05, 0) is 59.8 Å². The van der Waals surface area contributed by atoms with Crippen LogP contribution in [0.1, 0.15) is 40.1 Å². The molecule has 0 amide bonds. The molecule has 0 saturated heterocycles. The molecule has 1 aliphatic rings. The molecule has 5 aromatic rings.